The van der Waals surface area contributed by atoms with Gasteiger partial charge in [0.1, 0.15) is 5.60 Å². The van der Waals surface area contributed by atoms with Crippen LogP contribution < -0.4 is 10.2 Å². The maximum absolute atomic E-state index is 12.8. The predicted octanol–water partition coefficient (Wildman–Crippen LogP) is 2.24. The van der Waals surface area contributed by atoms with E-state index in [-0.39, 0.29) is 11.9 Å². The topological polar surface area (TPSA) is 58.6 Å². The summed E-state index contributed by atoms with van der Waals surface area (Å²) < 4.78 is 5.46. The van der Waals surface area contributed by atoms with E-state index in [1.165, 1.54) is 0 Å². The normalized spacial score (nSPS) is 19.8. The minimum Gasteiger partial charge on any atom is -0.456 e. The Hall–Kier alpha value is -1.88. The van der Waals surface area contributed by atoms with Crippen LogP contribution in [0.4, 0.5) is 5.69 Å². The quantitative estimate of drug-likeness (QED) is 0.807. The van der Waals surface area contributed by atoms with Gasteiger partial charge in [-0.05, 0) is 70.5 Å². The first-order valence-electron chi connectivity index (χ1n) is 8.11. The van der Waals surface area contributed by atoms with E-state index in [1.807, 2.05) is 40.0 Å². The minimum atomic E-state index is -0.533. The van der Waals surface area contributed by atoms with Gasteiger partial charge in [-0.3, -0.25) is 4.79 Å². The molecule has 0 aromatic heterocycles. The third-order valence-electron chi connectivity index (χ3n) is 4.68. The Morgan fingerprint density at radius 2 is 1.91 bits per heavy atom. The first kappa shape index (κ1) is 16.0. The second kappa shape index (κ2) is 5.34. The SMILES string of the molecule is CN1C(=O)C2(CCNCC2)c2cc(C(=O)OC(C)(C)C)ccc21. The summed E-state index contributed by atoms with van der Waals surface area (Å²) in [6.45, 7) is 7.18. The zero-order valence-electron chi connectivity index (χ0n) is 14.2. The van der Waals surface area contributed by atoms with Crippen molar-refractivity contribution in [2.24, 2.45) is 0 Å². The van der Waals surface area contributed by atoms with Crippen LogP contribution in [0.3, 0.4) is 0 Å². The molecule has 1 N–H and O–H groups in total. The number of fused-ring (bicyclic) bond motifs is 2. The average molecular weight is 316 g/mol. The van der Waals surface area contributed by atoms with Gasteiger partial charge in [0.05, 0.1) is 11.0 Å². The highest BCUT2D eigenvalue weighted by atomic mass is 16.6. The summed E-state index contributed by atoms with van der Waals surface area (Å²) in [6.07, 6.45) is 1.53. The highest BCUT2D eigenvalue weighted by Crippen LogP contribution is 2.46. The summed E-state index contributed by atoms with van der Waals surface area (Å²) in [5.41, 5.74) is 1.36. The summed E-state index contributed by atoms with van der Waals surface area (Å²) in [6, 6.07) is 5.47. The Labute approximate surface area is 137 Å². The molecular weight excluding hydrogens is 292 g/mol. The summed E-state index contributed by atoms with van der Waals surface area (Å²) in [4.78, 5) is 26.9. The number of carbonyl (C=O) groups is 2. The second-order valence-corrected chi connectivity index (χ2v) is 7.43. The molecule has 3 rings (SSSR count). The van der Waals surface area contributed by atoms with Crippen LogP contribution in [0.15, 0.2) is 18.2 Å². The predicted molar refractivity (Wildman–Crippen MR) is 88.8 cm³/mol. The van der Waals surface area contributed by atoms with E-state index < -0.39 is 11.0 Å². The molecule has 1 fully saturated rings. The molecule has 124 valence electrons. The van der Waals surface area contributed by atoms with Gasteiger partial charge >= 0.3 is 5.97 Å². The smallest absolute Gasteiger partial charge is 0.338 e. The van der Waals surface area contributed by atoms with E-state index in [2.05, 4.69) is 5.32 Å². The Balaban J connectivity index is 2.02. The second-order valence-electron chi connectivity index (χ2n) is 7.43. The molecule has 0 bridgehead atoms. The van der Waals surface area contributed by atoms with E-state index >= 15 is 0 Å². The molecule has 2 aliphatic heterocycles. The van der Waals surface area contributed by atoms with Gasteiger partial charge < -0.3 is 15.0 Å². The average Bonchev–Trinajstić information content (AvgIpc) is 2.69. The number of nitrogens with zero attached hydrogens (tertiary/aromatic N) is 1. The third kappa shape index (κ3) is 2.63. The van der Waals surface area contributed by atoms with E-state index in [0.717, 1.165) is 37.2 Å². The van der Waals surface area contributed by atoms with Crippen LogP contribution in [0.1, 0.15) is 49.5 Å². The number of esters is 1. The molecule has 5 heteroatoms. The van der Waals surface area contributed by atoms with Crippen molar-refractivity contribution in [1.82, 2.24) is 5.32 Å². The third-order valence-corrected chi connectivity index (χ3v) is 4.68. The van der Waals surface area contributed by atoms with Gasteiger partial charge in [0.25, 0.3) is 0 Å². The van der Waals surface area contributed by atoms with Crippen LogP contribution >= 0.6 is 0 Å². The van der Waals surface area contributed by atoms with Crippen LogP contribution in [-0.2, 0) is 14.9 Å². The molecule has 0 unspecified atom stereocenters. The zero-order valence-corrected chi connectivity index (χ0v) is 14.2. The maximum atomic E-state index is 12.8. The Bertz CT molecular complexity index is 655. The fourth-order valence-corrected chi connectivity index (χ4v) is 3.56. The number of likely N-dealkylation sites (N-methyl/N-ethyl adjacent to an activating group) is 1. The van der Waals surface area contributed by atoms with Crippen molar-refractivity contribution >= 4 is 17.6 Å². The van der Waals surface area contributed by atoms with Crippen LogP contribution in [0.25, 0.3) is 0 Å². The Morgan fingerprint density at radius 3 is 2.52 bits per heavy atom. The van der Waals surface area contributed by atoms with Crippen LogP contribution in [0, 0.1) is 0 Å². The summed E-state index contributed by atoms with van der Waals surface area (Å²) in [7, 11) is 1.81. The lowest BCUT2D eigenvalue weighted by molar-refractivity contribution is -0.123. The molecule has 1 aromatic carbocycles. The van der Waals surface area contributed by atoms with Crippen LogP contribution in [0.2, 0.25) is 0 Å². The molecule has 1 aromatic rings. The number of hydrogen-bond donors (Lipinski definition) is 1. The molecule has 0 atom stereocenters. The fourth-order valence-electron chi connectivity index (χ4n) is 3.56. The van der Waals surface area contributed by atoms with Gasteiger partial charge in [0.15, 0.2) is 0 Å². The van der Waals surface area contributed by atoms with Crippen molar-refractivity contribution in [2.75, 3.05) is 25.0 Å². The van der Waals surface area contributed by atoms with E-state index in [0.29, 0.717) is 5.56 Å². The standard InChI is InChI=1S/C18H24N2O3/c1-17(2,3)23-15(21)12-5-6-14-13(11-12)18(16(22)20(14)4)7-9-19-10-8-18/h5-6,11,19H,7-10H2,1-4H3. The van der Waals surface area contributed by atoms with Crippen molar-refractivity contribution in [3.8, 4) is 0 Å². The molecule has 23 heavy (non-hydrogen) atoms. The lowest BCUT2D eigenvalue weighted by Gasteiger charge is -2.32. The highest BCUT2D eigenvalue weighted by Gasteiger charge is 2.50. The van der Waals surface area contributed by atoms with Gasteiger partial charge in [-0.25, -0.2) is 4.79 Å². The van der Waals surface area contributed by atoms with Crippen molar-refractivity contribution in [3.63, 3.8) is 0 Å². The molecule has 0 aliphatic carbocycles. The van der Waals surface area contributed by atoms with E-state index in [1.54, 1.807) is 11.0 Å². The number of amides is 1. The van der Waals surface area contributed by atoms with Gasteiger partial charge in [-0.15, -0.1) is 0 Å². The molecular formula is C18H24N2O3. The maximum Gasteiger partial charge on any atom is 0.338 e. The molecule has 5 nitrogen and oxygen atoms in total. The number of piperidine rings is 1. The zero-order chi connectivity index (χ0) is 16.8. The monoisotopic (exact) mass is 316 g/mol. The van der Waals surface area contributed by atoms with Gasteiger partial charge in [0, 0.05) is 12.7 Å². The van der Waals surface area contributed by atoms with E-state index in [9.17, 15) is 9.59 Å². The number of carbonyl (C=O) groups excluding carboxylic acids is 2. The molecule has 2 aliphatic rings. The van der Waals surface area contributed by atoms with Crippen molar-refractivity contribution in [1.29, 1.82) is 0 Å². The Morgan fingerprint density at radius 1 is 1.26 bits per heavy atom. The van der Waals surface area contributed by atoms with Crippen molar-refractivity contribution < 1.29 is 14.3 Å². The number of hydrogen-bond acceptors (Lipinski definition) is 4. The lowest BCUT2D eigenvalue weighted by Crippen LogP contribution is -2.46. The van der Waals surface area contributed by atoms with Crippen molar-refractivity contribution in [2.45, 2.75) is 44.6 Å². The lowest BCUT2D eigenvalue weighted by atomic mass is 9.74. The van der Waals surface area contributed by atoms with Crippen LogP contribution in [-0.4, -0.2) is 37.6 Å². The highest BCUT2D eigenvalue weighted by molar-refractivity contribution is 6.08. The summed E-state index contributed by atoms with van der Waals surface area (Å²) >= 11 is 0. The molecule has 1 amide bonds. The minimum absolute atomic E-state index is 0.135. The molecule has 1 saturated heterocycles. The largest absolute Gasteiger partial charge is 0.456 e. The summed E-state index contributed by atoms with van der Waals surface area (Å²) in [5, 5.41) is 3.31. The molecule has 2 heterocycles. The first-order chi connectivity index (χ1) is 10.7. The number of ether oxygens (including phenoxy) is 1. The van der Waals surface area contributed by atoms with E-state index in [4.69, 9.17) is 4.74 Å². The number of nitrogens with one attached hydrogen (secondary N) is 1. The van der Waals surface area contributed by atoms with Gasteiger partial charge in [-0.2, -0.15) is 0 Å². The van der Waals surface area contributed by atoms with Gasteiger partial charge in [-0.1, -0.05) is 0 Å². The number of rotatable bonds is 1. The van der Waals surface area contributed by atoms with Gasteiger partial charge in [0.2, 0.25) is 5.91 Å². The van der Waals surface area contributed by atoms with Crippen LogP contribution in [0.5, 0.6) is 0 Å². The molecule has 0 radical (unpaired) electrons. The number of benzene rings is 1. The number of anilines is 1. The fraction of sp³-hybridized carbons (Fsp3) is 0.556. The summed E-state index contributed by atoms with van der Waals surface area (Å²) in [5.74, 6) is -0.207. The van der Waals surface area contributed by atoms with Crippen molar-refractivity contribution in [3.05, 3.63) is 29.3 Å². The first-order valence-corrected chi connectivity index (χ1v) is 8.11. The molecule has 0 saturated carbocycles. The Kier molecular flexibility index (Phi) is 3.71. The molecule has 1 spiro atoms.